The smallest absolute Gasteiger partial charge is 0.408 e. The zero-order valence-electron chi connectivity index (χ0n) is 11.5. The highest BCUT2D eigenvalue weighted by Crippen LogP contribution is 2.28. The van der Waals surface area contributed by atoms with Crippen LogP contribution in [0.15, 0.2) is 21.3 Å². The minimum absolute atomic E-state index is 0.455. The first-order valence-corrected chi connectivity index (χ1v) is 6.84. The number of nitrogens with two attached hydrogens (primary N) is 1. The van der Waals surface area contributed by atoms with Crippen molar-refractivity contribution >= 4 is 22.5 Å². The van der Waals surface area contributed by atoms with E-state index >= 15 is 0 Å². The van der Waals surface area contributed by atoms with Crippen LogP contribution >= 0.6 is 0 Å². The molecule has 3 N–H and O–H groups in total. The average molecular weight is 277 g/mol. The molecule has 0 atom stereocenters. The fourth-order valence-corrected chi connectivity index (χ4v) is 2.75. The first-order chi connectivity index (χ1) is 9.63. The van der Waals surface area contributed by atoms with Crippen LogP contribution in [0.4, 0.5) is 11.4 Å². The van der Waals surface area contributed by atoms with Gasteiger partial charge in [-0.25, -0.2) is 4.79 Å². The maximum Gasteiger partial charge on any atom is 0.417 e. The molecule has 0 aliphatic carbocycles. The third kappa shape index (κ3) is 2.51. The summed E-state index contributed by atoms with van der Waals surface area (Å²) in [7, 11) is 2.02. The lowest BCUT2D eigenvalue weighted by Crippen LogP contribution is -2.29. The second-order valence-corrected chi connectivity index (χ2v) is 5.36. The molecule has 0 saturated carbocycles. The molecular formula is C14H19N3O3. The first kappa shape index (κ1) is 13.1. The number of ether oxygens (including phenoxy) is 1. The standard InChI is InChI=1S/C14H19N3O3/c1-17(8-9-2-4-19-5-3-9)12-7-11-13(6-10(12)15)20-14(18)16-11/h6-7,9H,2-5,8,15H2,1H3,(H,16,18). The third-order valence-corrected chi connectivity index (χ3v) is 3.85. The van der Waals surface area contributed by atoms with E-state index in [9.17, 15) is 4.79 Å². The third-order valence-electron chi connectivity index (χ3n) is 3.85. The lowest BCUT2D eigenvalue weighted by atomic mass is 9.99. The number of nitrogens with one attached hydrogen (secondary N) is 1. The number of rotatable bonds is 3. The number of fused-ring (bicyclic) bond motifs is 1. The second kappa shape index (κ2) is 5.20. The molecule has 0 spiro atoms. The van der Waals surface area contributed by atoms with Crippen molar-refractivity contribution in [3.05, 3.63) is 22.7 Å². The number of aromatic nitrogens is 1. The van der Waals surface area contributed by atoms with Gasteiger partial charge in [0.2, 0.25) is 0 Å². The van der Waals surface area contributed by atoms with Crippen LogP contribution in [0, 0.1) is 5.92 Å². The second-order valence-electron chi connectivity index (χ2n) is 5.36. The summed E-state index contributed by atoms with van der Waals surface area (Å²) in [6.45, 7) is 2.60. The molecule has 1 aromatic heterocycles. The summed E-state index contributed by atoms with van der Waals surface area (Å²) in [6.07, 6.45) is 2.16. The Kier molecular flexibility index (Phi) is 3.40. The highest BCUT2D eigenvalue weighted by atomic mass is 16.5. The zero-order chi connectivity index (χ0) is 14.1. The molecule has 2 heterocycles. The molecular weight excluding hydrogens is 258 g/mol. The van der Waals surface area contributed by atoms with Gasteiger partial charge >= 0.3 is 5.76 Å². The topological polar surface area (TPSA) is 84.5 Å². The van der Waals surface area contributed by atoms with E-state index in [0.29, 0.717) is 22.7 Å². The van der Waals surface area contributed by atoms with Gasteiger partial charge in [-0.3, -0.25) is 4.98 Å². The van der Waals surface area contributed by atoms with Gasteiger partial charge in [-0.1, -0.05) is 0 Å². The molecule has 1 fully saturated rings. The summed E-state index contributed by atoms with van der Waals surface area (Å²) in [5.41, 5.74) is 8.77. The van der Waals surface area contributed by atoms with Gasteiger partial charge in [-0.05, 0) is 24.8 Å². The summed E-state index contributed by atoms with van der Waals surface area (Å²) >= 11 is 0. The van der Waals surface area contributed by atoms with Crippen molar-refractivity contribution in [3.8, 4) is 0 Å². The Morgan fingerprint density at radius 2 is 2.15 bits per heavy atom. The van der Waals surface area contributed by atoms with Gasteiger partial charge in [0.15, 0.2) is 5.58 Å². The molecule has 0 radical (unpaired) electrons. The van der Waals surface area contributed by atoms with Crippen LogP contribution in [0.2, 0.25) is 0 Å². The predicted molar refractivity (Wildman–Crippen MR) is 78.1 cm³/mol. The lowest BCUT2D eigenvalue weighted by Gasteiger charge is -2.29. The summed E-state index contributed by atoms with van der Waals surface area (Å²) < 4.78 is 10.4. The Morgan fingerprint density at radius 1 is 1.40 bits per heavy atom. The largest absolute Gasteiger partial charge is 0.417 e. The molecule has 1 aliphatic rings. The minimum atomic E-state index is -0.455. The number of anilines is 2. The van der Waals surface area contributed by atoms with Gasteiger partial charge in [0.25, 0.3) is 0 Å². The maximum absolute atomic E-state index is 11.2. The van der Waals surface area contributed by atoms with E-state index in [2.05, 4.69) is 9.88 Å². The fraction of sp³-hybridized carbons (Fsp3) is 0.500. The van der Waals surface area contributed by atoms with Crippen molar-refractivity contribution < 1.29 is 9.15 Å². The molecule has 0 unspecified atom stereocenters. The van der Waals surface area contributed by atoms with Crippen molar-refractivity contribution in [2.24, 2.45) is 5.92 Å². The Bertz CT molecular complexity index is 655. The highest BCUT2D eigenvalue weighted by Gasteiger charge is 2.18. The van der Waals surface area contributed by atoms with Gasteiger partial charge in [0.1, 0.15) is 0 Å². The number of hydrogen-bond donors (Lipinski definition) is 2. The number of benzene rings is 1. The maximum atomic E-state index is 11.2. The van der Waals surface area contributed by atoms with E-state index in [1.54, 1.807) is 6.07 Å². The number of aromatic amines is 1. The number of H-pyrrole nitrogens is 1. The Balaban J connectivity index is 1.84. The predicted octanol–water partition coefficient (Wildman–Crippen LogP) is 1.57. The summed E-state index contributed by atoms with van der Waals surface area (Å²) in [6, 6.07) is 3.57. The Hall–Kier alpha value is -1.95. The molecule has 1 aromatic carbocycles. The van der Waals surface area contributed by atoms with E-state index in [1.807, 2.05) is 13.1 Å². The molecule has 1 saturated heterocycles. The van der Waals surface area contributed by atoms with Gasteiger partial charge < -0.3 is 19.8 Å². The number of nitrogen functional groups attached to an aromatic ring is 1. The molecule has 3 rings (SSSR count). The summed E-state index contributed by atoms with van der Waals surface area (Å²) in [5, 5.41) is 0. The van der Waals surface area contributed by atoms with Gasteiger partial charge in [-0.15, -0.1) is 0 Å². The van der Waals surface area contributed by atoms with E-state index in [4.69, 9.17) is 14.9 Å². The van der Waals surface area contributed by atoms with E-state index in [0.717, 1.165) is 38.3 Å². The van der Waals surface area contributed by atoms with E-state index < -0.39 is 5.76 Å². The molecule has 0 amide bonds. The Labute approximate surface area is 116 Å². The van der Waals surface area contributed by atoms with Gasteiger partial charge in [-0.2, -0.15) is 0 Å². The van der Waals surface area contributed by atoms with Crippen molar-refractivity contribution in [1.29, 1.82) is 0 Å². The van der Waals surface area contributed by atoms with Crippen LogP contribution in [0.25, 0.3) is 11.1 Å². The molecule has 6 heteroatoms. The SMILES string of the molecule is CN(CC1CCOCC1)c1cc2[nH]c(=O)oc2cc1N. The minimum Gasteiger partial charge on any atom is -0.408 e. The van der Waals surface area contributed by atoms with Crippen LogP contribution in [0.1, 0.15) is 12.8 Å². The molecule has 0 bridgehead atoms. The van der Waals surface area contributed by atoms with Crippen molar-refractivity contribution in [3.63, 3.8) is 0 Å². The van der Waals surface area contributed by atoms with Gasteiger partial charge in [0.05, 0.1) is 16.9 Å². The van der Waals surface area contributed by atoms with Crippen molar-refractivity contribution in [1.82, 2.24) is 4.98 Å². The Morgan fingerprint density at radius 3 is 2.90 bits per heavy atom. The van der Waals surface area contributed by atoms with Gasteiger partial charge in [0, 0.05) is 32.9 Å². The van der Waals surface area contributed by atoms with Crippen LogP contribution in [-0.2, 0) is 4.74 Å². The van der Waals surface area contributed by atoms with Crippen LogP contribution in [-0.4, -0.2) is 31.8 Å². The first-order valence-electron chi connectivity index (χ1n) is 6.84. The van der Waals surface area contributed by atoms with Crippen molar-refractivity contribution in [2.75, 3.05) is 37.4 Å². The van der Waals surface area contributed by atoms with Crippen LogP contribution in [0.5, 0.6) is 0 Å². The monoisotopic (exact) mass is 277 g/mol. The zero-order valence-corrected chi connectivity index (χ0v) is 11.5. The van der Waals surface area contributed by atoms with Crippen LogP contribution < -0.4 is 16.4 Å². The molecule has 108 valence electrons. The number of oxazole rings is 1. The quantitative estimate of drug-likeness (QED) is 0.832. The normalized spacial score (nSPS) is 16.6. The van der Waals surface area contributed by atoms with Crippen molar-refractivity contribution in [2.45, 2.75) is 12.8 Å². The molecule has 2 aromatic rings. The lowest BCUT2D eigenvalue weighted by molar-refractivity contribution is 0.0685. The van der Waals surface area contributed by atoms with E-state index in [-0.39, 0.29) is 0 Å². The number of nitrogens with zero attached hydrogens (tertiary/aromatic N) is 1. The molecule has 6 nitrogen and oxygen atoms in total. The van der Waals surface area contributed by atoms with Crippen LogP contribution in [0.3, 0.4) is 0 Å². The highest BCUT2D eigenvalue weighted by molar-refractivity contribution is 5.85. The van der Waals surface area contributed by atoms with E-state index in [1.165, 1.54) is 0 Å². The molecule has 1 aliphatic heterocycles. The molecule has 20 heavy (non-hydrogen) atoms. The number of hydrogen-bond acceptors (Lipinski definition) is 5. The summed E-state index contributed by atoms with van der Waals surface area (Å²) in [4.78, 5) is 16.0. The summed E-state index contributed by atoms with van der Waals surface area (Å²) in [5.74, 6) is 0.163. The fourth-order valence-electron chi connectivity index (χ4n) is 2.75. The average Bonchev–Trinajstić information content (AvgIpc) is 2.78.